The van der Waals surface area contributed by atoms with Gasteiger partial charge in [-0.05, 0) is 43.7 Å². The van der Waals surface area contributed by atoms with Crippen molar-refractivity contribution in [3.8, 4) is 23.1 Å². The lowest BCUT2D eigenvalue weighted by molar-refractivity contribution is 0.456. The molecule has 1 aromatic carbocycles. The van der Waals surface area contributed by atoms with Gasteiger partial charge in [0.1, 0.15) is 11.4 Å². The van der Waals surface area contributed by atoms with Crippen LogP contribution in [0.2, 0.25) is 0 Å². The maximum absolute atomic E-state index is 13.0. The zero-order valence-corrected chi connectivity index (χ0v) is 14.0. The Morgan fingerprint density at radius 1 is 1.31 bits per heavy atom. The van der Waals surface area contributed by atoms with Crippen molar-refractivity contribution >= 4 is 10.9 Å². The number of nitrogens with zero attached hydrogens (tertiary/aromatic N) is 3. The summed E-state index contributed by atoms with van der Waals surface area (Å²) in [6, 6.07) is 8.03. The lowest BCUT2D eigenvalue weighted by atomic mass is 9.94. The van der Waals surface area contributed by atoms with Crippen LogP contribution in [0.15, 0.2) is 35.3 Å². The molecule has 3 heterocycles. The topological polar surface area (TPSA) is 115 Å². The minimum atomic E-state index is -0.272. The number of benzene rings is 1. The maximum atomic E-state index is 13.0. The van der Waals surface area contributed by atoms with E-state index in [0.29, 0.717) is 22.0 Å². The maximum Gasteiger partial charge on any atom is 0.216 e. The standard InChI is InChI=1S/C19H17N5O2/c20-9-11-3-4-13(15(25)8-11)18-19(26)14-5-7-22-16(17(14)23-24-18)12-2-1-6-21-10-12/h3-5,7-8,12,21,25H,1-2,6,10H2,(H,23,26). The van der Waals surface area contributed by atoms with E-state index in [1.807, 2.05) is 6.07 Å². The van der Waals surface area contributed by atoms with Crippen LogP contribution >= 0.6 is 0 Å². The number of aromatic nitrogens is 3. The lowest BCUT2D eigenvalue weighted by Gasteiger charge is -2.23. The van der Waals surface area contributed by atoms with Gasteiger partial charge in [-0.2, -0.15) is 10.4 Å². The van der Waals surface area contributed by atoms with Crippen LogP contribution in [0.3, 0.4) is 0 Å². The third-order valence-electron chi connectivity index (χ3n) is 4.79. The number of rotatable bonds is 2. The van der Waals surface area contributed by atoms with E-state index >= 15 is 0 Å². The highest BCUT2D eigenvalue weighted by Crippen LogP contribution is 2.29. The van der Waals surface area contributed by atoms with Crippen molar-refractivity contribution in [3.05, 3.63) is 51.9 Å². The number of pyridine rings is 1. The molecule has 7 nitrogen and oxygen atoms in total. The van der Waals surface area contributed by atoms with E-state index in [4.69, 9.17) is 5.26 Å². The van der Waals surface area contributed by atoms with Crippen molar-refractivity contribution in [2.75, 3.05) is 13.1 Å². The van der Waals surface area contributed by atoms with Crippen molar-refractivity contribution in [2.24, 2.45) is 0 Å². The van der Waals surface area contributed by atoms with Gasteiger partial charge >= 0.3 is 0 Å². The number of nitriles is 1. The molecule has 0 amide bonds. The first-order valence-corrected chi connectivity index (χ1v) is 8.50. The molecule has 1 atom stereocenters. The molecule has 1 aliphatic heterocycles. The van der Waals surface area contributed by atoms with Crippen molar-refractivity contribution in [1.29, 1.82) is 5.26 Å². The van der Waals surface area contributed by atoms with E-state index < -0.39 is 0 Å². The molecule has 1 saturated heterocycles. The Bertz CT molecular complexity index is 1080. The summed E-state index contributed by atoms with van der Waals surface area (Å²) in [7, 11) is 0. The Kier molecular flexibility index (Phi) is 4.11. The Morgan fingerprint density at radius 3 is 2.92 bits per heavy atom. The van der Waals surface area contributed by atoms with E-state index in [1.165, 1.54) is 12.1 Å². The molecule has 0 aliphatic carbocycles. The van der Waals surface area contributed by atoms with Crippen molar-refractivity contribution in [1.82, 2.24) is 20.5 Å². The summed E-state index contributed by atoms with van der Waals surface area (Å²) in [5, 5.41) is 30.1. The smallest absolute Gasteiger partial charge is 0.216 e. The predicted octanol–water partition coefficient (Wildman–Crippen LogP) is 2.03. The van der Waals surface area contributed by atoms with Crippen LogP contribution in [-0.2, 0) is 0 Å². The summed E-state index contributed by atoms with van der Waals surface area (Å²) in [6.07, 6.45) is 3.72. The number of phenolic OH excluding ortho intramolecular Hbond substituents is 1. The quantitative estimate of drug-likeness (QED) is 0.653. The highest BCUT2D eigenvalue weighted by Gasteiger charge is 2.21. The van der Waals surface area contributed by atoms with Gasteiger partial charge in [0.15, 0.2) is 0 Å². The summed E-state index contributed by atoms with van der Waals surface area (Å²) in [5.41, 5.74) is 1.95. The highest BCUT2D eigenvalue weighted by atomic mass is 16.3. The number of piperidine rings is 1. The first-order valence-electron chi connectivity index (χ1n) is 8.50. The monoisotopic (exact) mass is 347 g/mol. The molecule has 4 rings (SSSR count). The molecule has 0 saturated carbocycles. The second-order valence-corrected chi connectivity index (χ2v) is 6.41. The van der Waals surface area contributed by atoms with Gasteiger partial charge in [-0.3, -0.25) is 14.9 Å². The summed E-state index contributed by atoms with van der Waals surface area (Å²) in [4.78, 5) is 17.4. The molecule has 2 aromatic heterocycles. The molecular weight excluding hydrogens is 330 g/mol. The minimum Gasteiger partial charge on any atom is -0.507 e. The third kappa shape index (κ3) is 2.70. The van der Waals surface area contributed by atoms with Crippen molar-refractivity contribution < 1.29 is 5.11 Å². The second kappa shape index (κ2) is 6.58. The van der Waals surface area contributed by atoms with Crippen LogP contribution in [-0.4, -0.2) is 33.4 Å². The number of fused-ring (bicyclic) bond motifs is 1. The van der Waals surface area contributed by atoms with Gasteiger partial charge in [0, 0.05) is 24.2 Å². The fraction of sp³-hybridized carbons (Fsp3) is 0.263. The molecule has 1 unspecified atom stereocenters. The number of nitrogens with one attached hydrogen (secondary N) is 2. The van der Waals surface area contributed by atoms with Gasteiger partial charge in [-0.15, -0.1) is 0 Å². The van der Waals surface area contributed by atoms with Crippen LogP contribution in [0.5, 0.6) is 5.75 Å². The summed E-state index contributed by atoms with van der Waals surface area (Å²) in [6.45, 7) is 1.82. The molecule has 7 heteroatoms. The molecule has 3 N–H and O–H groups in total. The first-order chi connectivity index (χ1) is 12.7. The number of H-pyrrole nitrogens is 1. The first kappa shape index (κ1) is 16.2. The van der Waals surface area contributed by atoms with Gasteiger partial charge in [0.05, 0.1) is 28.2 Å². The summed E-state index contributed by atoms with van der Waals surface area (Å²) < 4.78 is 0. The van der Waals surface area contributed by atoms with Crippen LogP contribution in [0, 0.1) is 11.3 Å². The molecule has 0 radical (unpaired) electrons. The third-order valence-corrected chi connectivity index (χ3v) is 4.79. The van der Waals surface area contributed by atoms with Gasteiger partial charge in [0.2, 0.25) is 5.43 Å². The van der Waals surface area contributed by atoms with Crippen LogP contribution in [0.4, 0.5) is 0 Å². The lowest BCUT2D eigenvalue weighted by Crippen LogP contribution is -2.29. The Balaban J connectivity index is 1.86. The van der Waals surface area contributed by atoms with Crippen LogP contribution < -0.4 is 10.7 Å². The zero-order valence-electron chi connectivity index (χ0n) is 14.0. The number of aromatic amines is 1. The fourth-order valence-electron chi connectivity index (χ4n) is 3.45. The molecule has 0 bridgehead atoms. The Hall–Kier alpha value is -3.24. The van der Waals surface area contributed by atoms with E-state index in [1.54, 1.807) is 18.3 Å². The molecule has 130 valence electrons. The zero-order chi connectivity index (χ0) is 18.1. The highest BCUT2D eigenvalue weighted by molar-refractivity contribution is 5.84. The van der Waals surface area contributed by atoms with E-state index in [2.05, 4.69) is 20.5 Å². The largest absolute Gasteiger partial charge is 0.507 e. The van der Waals surface area contributed by atoms with Gasteiger partial charge in [-0.25, -0.2) is 0 Å². The van der Waals surface area contributed by atoms with E-state index in [9.17, 15) is 9.90 Å². The minimum absolute atomic E-state index is 0.124. The van der Waals surface area contributed by atoms with Crippen molar-refractivity contribution in [2.45, 2.75) is 18.8 Å². The molecule has 3 aromatic rings. The van der Waals surface area contributed by atoms with E-state index in [-0.39, 0.29) is 22.8 Å². The van der Waals surface area contributed by atoms with Crippen LogP contribution in [0.25, 0.3) is 22.2 Å². The average Bonchev–Trinajstić information content (AvgIpc) is 2.69. The van der Waals surface area contributed by atoms with Crippen molar-refractivity contribution in [3.63, 3.8) is 0 Å². The Morgan fingerprint density at radius 2 is 2.19 bits per heavy atom. The molecule has 1 fully saturated rings. The SMILES string of the molecule is N#Cc1ccc(-c2n[nH]c3c(C4CCCNC4)nccc3c2=O)c(O)c1. The number of hydrogen-bond acceptors (Lipinski definition) is 6. The second-order valence-electron chi connectivity index (χ2n) is 6.41. The summed E-state index contributed by atoms with van der Waals surface area (Å²) in [5.74, 6) is 0.0891. The van der Waals surface area contributed by atoms with Gasteiger partial charge < -0.3 is 10.4 Å². The predicted molar refractivity (Wildman–Crippen MR) is 96.8 cm³/mol. The summed E-state index contributed by atoms with van der Waals surface area (Å²) >= 11 is 0. The number of aromatic hydroxyl groups is 1. The number of phenols is 1. The fourth-order valence-corrected chi connectivity index (χ4v) is 3.45. The average molecular weight is 347 g/mol. The number of hydrogen-bond donors (Lipinski definition) is 3. The van der Waals surface area contributed by atoms with Gasteiger partial charge in [0.25, 0.3) is 0 Å². The Labute approximate surface area is 149 Å². The molecule has 0 spiro atoms. The normalized spacial score (nSPS) is 17.1. The van der Waals surface area contributed by atoms with E-state index in [0.717, 1.165) is 31.6 Å². The molecule has 26 heavy (non-hydrogen) atoms. The van der Waals surface area contributed by atoms with Gasteiger partial charge in [-0.1, -0.05) is 0 Å². The molecule has 1 aliphatic rings. The molecular formula is C19H17N5O2. The van der Waals surface area contributed by atoms with Crippen LogP contribution in [0.1, 0.15) is 30.0 Å².